The normalized spacial score (nSPS) is 13.7. The van der Waals surface area contributed by atoms with Gasteiger partial charge in [0.15, 0.2) is 0 Å². The molecule has 1 nitrogen and oxygen atoms in total. The minimum Gasteiger partial charge on any atom is -0.207 e. The first-order valence-corrected chi connectivity index (χ1v) is 5.50. The van der Waals surface area contributed by atoms with Crippen molar-refractivity contribution in [3.8, 4) is 6.07 Å². The fourth-order valence-corrected chi connectivity index (χ4v) is 1.93. The van der Waals surface area contributed by atoms with Gasteiger partial charge in [-0.3, -0.25) is 0 Å². The molecule has 0 aromatic heterocycles. The van der Waals surface area contributed by atoms with Gasteiger partial charge in [0.1, 0.15) is 17.0 Å². The van der Waals surface area contributed by atoms with E-state index in [0.717, 1.165) is 0 Å². The first kappa shape index (κ1) is 12.3. The molecule has 3 heteroatoms. The molecule has 90 valence electrons. The van der Waals surface area contributed by atoms with Crippen LogP contribution in [0, 0.1) is 23.0 Å². The highest BCUT2D eigenvalue weighted by atomic mass is 19.1. The molecule has 0 bridgehead atoms. The molecular weight excluding hydrogens is 232 g/mol. The van der Waals surface area contributed by atoms with Crippen LogP contribution in [-0.4, -0.2) is 0 Å². The Balaban J connectivity index is 2.60. The smallest absolute Gasteiger partial charge is 0.128 e. The Labute approximate surface area is 104 Å². The van der Waals surface area contributed by atoms with Gasteiger partial charge in [-0.2, -0.15) is 5.26 Å². The zero-order valence-corrected chi connectivity index (χ0v) is 9.82. The van der Waals surface area contributed by atoms with Gasteiger partial charge in [-0.1, -0.05) is 30.3 Å². The molecule has 0 saturated carbocycles. The van der Waals surface area contributed by atoms with Crippen molar-refractivity contribution in [2.45, 2.75) is 12.3 Å². The Morgan fingerprint density at radius 3 is 2.17 bits per heavy atom. The van der Waals surface area contributed by atoms with Crippen LogP contribution in [0.3, 0.4) is 0 Å². The summed E-state index contributed by atoms with van der Waals surface area (Å²) in [6, 6.07) is 13.8. The van der Waals surface area contributed by atoms with Gasteiger partial charge in [-0.05, 0) is 30.7 Å². The minimum atomic E-state index is -1.13. The van der Waals surface area contributed by atoms with Gasteiger partial charge in [0.2, 0.25) is 0 Å². The van der Waals surface area contributed by atoms with E-state index in [2.05, 4.69) is 6.07 Å². The summed E-state index contributed by atoms with van der Waals surface area (Å²) in [5.74, 6) is -0.821. The van der Waals surface area contributed by atoms with E-state index in [1.807, 2.05) is 0 Å². The highest BCUT2D eigenvalue weighted by molar-refractivity contribution is 5.45. The van der Waals surface area contributed by atoms with Gasteiger partial charge >= 0.3 is 0 Å². The zero-order chi connectivity index (χ0) is 13.2. The summed E-state index contributed by atoms with van der Waals surface area (Å²) in [7, 11) is 0. The van der Waals surface area contributed by atoms with E-state index in [9.17, 15) is 14.0 Å². The monoisotopic (exact) mass is 243 g/mol. The van der Waals surface area contributed by atoms with Crippen LogP contribution in [0.15, 0.2) is 48.5 Å². The molecular formula is C15H11F2N. The first-order chi connectivity index (χ1) is 8.58. The van der Waals surface area contributed by atoms with Gasteiger partial charge in [-0.15, -0.1) is 0 Å². The topological polar surface area (TPSA) is 23.8 Å². The van der Waals surface area contributed by atoms with Crippen LogP contribution in [0.5, 0.6) is 0 Å². The van der Waals surface area contributed by atoms with Crippen molar-refractivity contribution in [1.82, 2.24) is 0 Å². The van der Waals surface area contributed by atoms with Crippen LogP contribution in [0.1, 0.15) is 18.1 Å². The average molecular weight is 243 g/mol. The van der Waals surface area contributed by atoms with Gasteiger partial charge in [-0.25, -0.2) is 8.78 Å². The Bertz CT molecular complexity index is 599. The summed E-state index contributed by atoms with van der Waals surface area (Å²) >= 11 is 0. The van der Waals surface area contributed by atoms with Crippen molar-refractivity contribution >= 4 is 0 Å². The average Bonchev–Trinajstić information content (AvgIpc) is 2.39. The summed E-state index contributed by atoms with van der Waals surface area (Å²) in [6.45, 7) is 1.62. The summed E-state index contributed by atoms with van der Waals surface area (Å²) in [5, 5.41) is 9.38. The molecule has 0 heterocycles. The van der Waals surface area contributed by atoms with Crippen LogP contribution in [0.25, 0.3) is 0 Å². The van der Waals surface area contributed by atoms with E-state index in [0.29, 0.717) is 11.1 Å². The van der Waals surface area contributed by atoms with E-state index in [1.54, 1.807) is 25.1 Å². The number of benzene rings is 2. The molecule has 0 aliphatic carbocycles. The lowest BCUT2D eigenvalue weighted by Gasteiger charge is -2.23. The summed E-state index contributed by atoms with van der Waals surface area (Å²) in [4.78, 5) is 0. The third-order valence-corrected chi connectivity index (χ3v) is 3.06. The molecule has 2 aromatic rings. The molecule has 0 N–H and O–H groups in total. The predicted molar refractivity (Wildman–Crippen MR) is 64.9 cm³/mol. The summed E-state index contributed by atoms with van der Waals surface area (Å²) in [5.41, 5.74) is -0.269. The van der Waals surface area contributed by atoms with Crippen molar-refractivity contribution in [1.29, 1.82) is 5.26 Å². The molecule has 2 aromatic carbocycles. The van der Waals surface area contributed by atoms with Gasteiger partial charge in [0.25, 0.3) is 0 Å². The molecule has 0 amide bonds. The van der Waals surface area contributed by atoms with Crippen molar-refractivity contribution in [3.05, 3.63) is 71.3 Å². The first-order valence-electron chi connectivity index (χ1n) is 5.50. The fourth-order valence-electron chi connectivity index (χ4n) is 1.93. The van der Waals surface area contributed by atoms with Gasteiger partial charge in [0, 0.05) is 5.56 Å². The van der Waals surface area contributed by atoms with Crippen LogP contribution in [0.4, 0.5) is 8.78 Å². The maximum atomic E-state index is 13.8. The van der Waals surface area contributed by atoms with E-state index >= 15 is 0 Å². The van der Waals surface area contributed by atoms with E-state index in [4.69, 9.17) is 0 Å². The van der Waals surface area contributed by atoms with Crippen LogP contribution < -0.4 is 0 Å². The molecule has 0 aliphatic heterocycles. The minimum absolute atomic E-state index is 0.291. The third kappa shape index (κ3) is 1.98. The second-order valence-electron chi connectivity index (χ2n) is 4.22. The fraction of sp³-hybridized carbons (Fsp3) is 0.133. The number of rotatable bonds is 2. The Hall–Kier alpha value is -2.21. The molecule has 0 aliphatic rings. The highest BCUT2D eigenvalue weighted by Gasteiger charge is 2.31. The van der Waals surface area contributed by atoms with E-state index < -0.39 is 11.2 Å². The molecule has 0 saturated heterocycles. The van der Waals surface area contributed by atoms with Crippen LogP contribution in [0.2, 0.25) is 0 Å². The lowest BCUT2D eigenvalue weighted by atomic mass is 9.77. The van der Waals surface area contributed by atoms with Crippen molar-refractivity contribution in [3.63, 3.8) is 0 Å². The van der Waals surface area contributed by atoms with Crippen molar-refractivity contribution in [2.75, 3.05) is 0 Å². The molecule has 0 fully saturated rings. The third-order valence-electron chi connectivity index (χ3n) is 3.06. The number of halogens is 2. The van der Waals surface area contributed by atoms with Crippen LogP contribution >= 0.6 is 0 Å². The molecule has 1 atom stereocenters. The SMILES string of the molecule is CC(C#N)(c1ccc(F)cc1)c1ccccc1F. The Kier molecular flexibility index (Phi) is 3.12. The predicted octanol–water partition coefficient (Wildman–Crippen LogP) is 3.79. The second-order valence-corrected chi connectivity index (χ2v) is 4.22. The highest BCUT2D eigenvalue weighted by Crippen LogP contribution is 2.32. The number of nitrogens with zero attached hydrogens (tertiary/aromatic N) is 1. The zero-order valence-electron chi connectivity index (χ0n) is 9.82. The number of nitriles is 1. The standard InChI is InChI=1S/C15H11F2N/c1-15(10-18,11-6-8-12(16)9-7-11)13-4-2-3-5-14(13)17/h2-9H,1H3. The lowest BCUT2D eigenvalue weighted by molar-refractivity contribution is 0.577. The van der Waals surface area contributed by atoms with E-state index in [1.165, 1.54) is 30.3 Å². The summed E-state index contributed by atoms with van der Waals surface area (Å²) < 4.78 is 26.7. The maximum absolute atomic E-state index is 13.8. The molecule has 18 heavy (non-hydrogen) atoms. The quantitative estimate of drug-likeness (QED) is 0.787. The lowest BCUT2D eigenvalue weighted by Crippen LogP contribution is -2.22. The van der Waals surface area contributed by atoms with Gasteiger partial charge < -0.3 is 0 Å². The van der Waals surface area contributed by atoms with E-state index in [-0.39, 0.29) is 5.82 Å². The van der Waals surface area contributed by atoms with Crippen molar-refractivity contribution < 1.29 is 8.78 Å². The van der Waals surface area contributed by atoms with Crippen LogP contribution in [-0.2, 0) is 5.41 Å². The Morgan fingerprint density at radius 1 is 1.00 bits per heavy atom. The largest absolute Gasteiger partial charge is 0.207 e. The maximum Gasteiger partial charge on any atom is 0.128 e. The molecule has 2 rings (SSSR count). The number of hydrogen-bond acceptors (Lipinski definition) is 1. The Morgan fingerprint density at radius 2 is 1.61 bits per heavy atom. The van der Waals surface area contributed by atoms with Crippen molar-refractivity contribution in [2.24, 2.45) is 0 Å². The molecule has 0 radical (unpaired) electrons. The molecule has 1 unspecified atom stereocenters. The number of hydrogen-bond donors (Lipinski definition) is 0. The summed E-state index contributed by atoms with van der Waals surface area (Å²) in [6.07, 6.45) is 0. The second kappa shape index (κ2) is 4.58. The van der Waals surface area contributed by atoms with Gasteiger partial charge in [0.05, 0.1) is 6.07 Å². The molecule has 0 spiro atoms.